The zero-order chi connectivity index (χ0) is 21.1. The lowest BCUT2D eigenvalue weighted by Crippen LogP contribution is -2.56. The molecule has 4 rings (SSSR count). The van der Waals surface area contributed by atoms with Crippen LogP contribution in [0.4, 0.5) is 0 Å². The number of carbonyl (C=O) groups excluding carboxylic acids is 2. The predicted molar refractivity (Wildman–Crippen MR) is 114 cm³/mol. The molecule has 1 aromatic heterocycles. The molecule has 30 heavy (non-hydrogen) atoms. The molecule has 1 saturated carbocycles. The number of amides is 2. The summed E-state index contributed by atoms with van der Waals surface area (Å²) in [6.07, 6.45) is 6.75. The van der Waals surface area contributed by atoms with E-state index in [-0.39, 0.29) is 18.4 Å². The SMILES string of the molecule is CC1CCC2(CC1)OC[C@@H](C(=O)NCc1cccnc1)N2C(=O)c1ccccc1Cl. The third-order valence-electron chi connectivity index (χ3n) is 6.13. The number of hydrogen-bond donors (Lipinski definition) is 1. The topological polar surface area (TPSA) is 71.5 Å². The van der Waals surface area contributed by atoms with Crippen LogP contribution >= 0.6 is 11.6 Å². The van der Waals surface area contributed by atoms with Crippen molar-refractivity contribution in [3.05, 3.63) is 64.9 Å². The smallest absolute Gasteiger partial charge is 0.258 e. The summed E-state index contributed by atoms with van der Waals surface area (Å²) in [6.45, 7) is 2.74. The summed E-state index contributed by atoms with van der Waals surface area (Å²) >= 11 is 6.32. The van der Waals surface area contributed by atoms with Gasteiger partial charge in [-0.15, -0.1) is 0 Å². The normalized spacial score (nSPS) is 26.0. The van der Waals surface area contributed by atoms with Crippen LogP contribution in [-0.4, -0.2) is 40.1 Å². The fourth-order valence-electron chi connectivity index (χ4n) is 4.35. The molecule has 6 nitrogen and oxygen atoms in total. The van der Waals surface area contributed by atoms with Crippen LogP contribution in [0.2, 0.25) is 5.02 Å². The molecule has 1 aliphatic heterocycles. The minimum absolute atomic E-state index is 0.184. The van der Waals surface area contributed by atoms with Crippen molar-refractivity contribution < 1.29 is 14.3 Å². The Morgan fingerprint density at radius 2 is 2.00 bits per heavy atom. The van der Waals surface area contributed by atoms with Crippen molar-refractivity contribution >= 4 is 23.4 Å². The standard InChI is InChI=1S/C23H26ClN3O3/c1-16-8-10-23(11-9-16)27(22(29)18-6-2-3-7-19(18)24)20(15-30-23)21(28)26-14-17-5-4-12-25-13-17/h2-7,12-13,16,20H,8-11,14-15H2,1H3,(H,26,28)/t16?,20-,23?/m0/s1. The van der Waals surface area contributed by atoms with Gasteiger partial charge in [0.25, 0.3) is 5.91 Å². The fourth-order valence-corrected chi connectivity index (χ4v) is 4.57. The first-order valence-corrected chi connectivity index (χ1v) is 10.8. The molecule has 2 aromatic rings. The van der Waals surface area contributed by atoms with Crippen LogP contribution in [0, 0.1) is 5.92 Å². The lowest BCUT2D eigenvalue weighted by atomic mass is 9.83. The van der Waals surface area contributed by atoms with Crippen molar-refractivity contribution in [3.63, 3.8) is 0 Å². The molecule has 1 atom stereocenters. The third kappa shape index (κ3) is 4.07. The second-order valence-electron chi connectivity index (χ2n) is 8.19. The van der Waals surface area contributed by atoms with E-state index in [0.29, 0.717) is 23.0 Å². The maximum Gasteiger partial charge on any atom is 0.258 e. The molecule has 7 heteroatoms. The molecule has 1 aliphatic carbocycles. The molecule has 2 heterocycles. The highest BCUT2D eigenvalue weighted by Gasteiger charge is 2.53. The number of rotatable bonds is 4. The zero-order valence-corrected chi connectivity index (χ0v) is 17.8. The number of halogens is 1. The van der Waals surface area contributed by atoms with E-state index in [1.54, 1.807) is 41.6 Å². The molecule has 1 N–H and O–H groups in total. The van der Waals surface area contributed by atoms with Gasteiger partial charge in [-0.1, -0.05) is 36.7 Å². The van der Waals surface area contributed by atoms with Crippen molar-refractivity contribution in [2.45, 2.75) is 50.9 Å². The van der Waals surface area contributed by atoms with Crippen LogP contribution in [-0.2, 0) is 16.1 Å². The molecular weight excluding hydrogens is 402 g/mol. The van der Waals surface area contributed by atoms with E-state index in [9.17, 15) is 9.59 Å². The van der Waals surface area contributed by atoms with Crippen molar-refractivity contribution in [1.29, 1.82) is 0 Å². The van der Waals surface area contributed by atoms with Crippen LogP contribution in [0.15, 0.2) is 48.8 Å². The monoisotopic (exact) mass is 427 g/mol. The van der Waals surface area contributed by atoms with Gasteiger partial charge in [-0.25, -0.2) is 0 Å². The lowest BCUT2D eigenvalue weighted by Gasteiger charge is -2.43. The molecule has 0 unspecified atom stereocenters. The number of nitrogens with one attached hydrogen (secondary N) is 1. The van der Waals surface area contributed by atoms with Crippen LogP contribution in [0.25, 0.3) is 0 Å². The molecule has 1 spiro atoms. The van der Waals surface area contributed by atoms with E-state index < -0.39 is 11.8 Å². The average Bonchev–Trinajstić information content (AvgIpc) is 3.14. The summed E-state index contributed by atoms with van der Waals surface area (Å²) in [5, 5.41) is 3.31. The van der Waals surface area contributed by atoms with Crippen molar-refractivity contribution in [2.24, 2.45) is 5.92 Å². The second-order valence-corrected chi connectivity index (χ2v) is 8.60. The number of carbonyl (C=O) groups is 2. The van der Waals surface area contributed by atoms with Crippen LogP contribution in [0.3, 0.4) is 0 Å². The molecule has 1 aromatic carbocycles. The summed E-state index contributed by atoms with van der Waals surface area (Å²) in [4.78, 5) is 32.4. The largest absolute Gasteiger partial charge is 0.353 e. The summed E-state index contributed by atoms with van der Waals surface area (Å²) in [6, 6.07) is 9.99. The summed E-state index contributed by atoms with van der Waals surface area (Å²) in [5.41, 5.74) is 0.543. The number of hydrogen-bond acceptors (Lipinski definition) is 4. The Bertz CT molecular complexity index is 913. The zero-order valence-electron chi connectivity index (χ0n) is 17.0. The Kier molecular flexibility index (Phi) is 6.06. The Morgan fingerprint density at radius 1 is 1.23 bits per heavy atom. The van der Waals surface area contributed by atoms with Gasteiger partial charge >= 0.3 is 0 Å². The molecule has 2 amide bonds. The van der Waals surface area contributed by atoms with E-state index in [0.717, 1.165) is 31.2 Å². The number of pyridine rings is 1. The number of benzene rings is 1. The molecule has 0 radical (unpaired) electrons. The minimum Gasteiger partial charge on any atom is -0.353 e. The van der Waals surface area contributed by atoms with Gasteiger partial charge in [0.2, 0.25) is 5.91 Å². The number of aromatic nitrogens is 1. The van der Waals surface area contributed by atoms with Gasteiger partial charge in [0.15, 0.2) is 0 Å². The summed E-state index contributed by atoms with van der Waals surface area (Å²) in [7, 11) is 0. The number of ether oxygens (including phenoxy) is 1. The predicted octanol–water partition coefficient (Wildman–Crippen LogP) is 3.80. The molecular formula is C23H26ClN3O3. The molecule has 2 fully saturated rings. The van der Waals surface area contributed by atoms with Gasteiger partial charge < -0.3 is 10.1 Å². The molecule has 158 valence electrons. The van der Waals surface area contributed by atoms with Crippen LogP contribution in [0.1, 0.15) is 48.5 Å². The Hall–Kier alpha value is -2.44. The van der Waals surface area contributed by atoms with E-state index in [1.807, 2.05) is 12.1 Å². The Balaban J connectivity index is 1.59. The third-order valence-corrected chi connectivity index (χ3v) is 6.46. The summed E-state index contributed by atoms with van der Waals surface area (Å²) < 4.78 is 6.20. The van der Waals surface area contributed by atoms with E-state index in [2.05, 4.69) is 17.2 Å². The minimum atomic E-state index is -0.751. The van der Waals surface area contributed by atoms with Crippen molar-refractivity contribution in [1.82, 2.24) is 15.2 Å². The second kappa shape index (κ2) is 8.74. The number of nitrogens with zero attached hydrogens (tertiary/aromatic N) is 2. The highest BCUT2D eigenvalue weighted by Crippen LogP contribution is 2.43. The first-order valence-electron chi connectivity index (χ1n) is 10.4. The van der Waals surface area contributed by atoms with Gasteiger partial charge in [-0.3, -0.25) is 19.5 Å². The van der Waals surface area contributed by atoms with Gasteiger partial charge in [-0.2, -0.15) is 0 Å². The Labute approximate surface area is 181 Å². The Morgan fingerprint density at radius 3 is 2.70 bits per heavy atom. The van der Waals surface area contributed by atoms with Gasteiger partial charge in [-0.05, 0) is 55.4 Å². The van der Waals surface area contributed by atoms with Crippen LogP contribution in [0.5, 0.6) is 0 Å². The quantitative estimate of drug-likeness (QED) is 0.805. The van der Waals surface area contributed by atoms with E-state index in [4.69, 9.17) is 16.3 Å². The summed E-state index contributed by atoms with van der Waals surface area (Å²) in [5.74, 6) is 0.0962. The first kappa shape index (κ1) is 20.8. The fraction of sp³-hybridized carbons (Fsp3) is 0.435. The maximum absolute atomic E-state index is 13.6. The van der Waals surface area contributed by atoms with E-state index >= 15 is 0 Å². The van der Waals surface area contributed by atoms with Crippen molar-refractivity contribution in [2.75, 3.05) is 6.61 Å². The highest BCUT2D eigenvalue weighted by atomic mass is 35.5. The van der Waals surface area contributed by atoms with Gasteiger partial charge in [0.1, 0.15) is 11.8 Å². The first-order chi connectivity index (χ1) is 14.5. The molecule has 2 aliphatic rings. The highest BCUT2D eigenvalue weighted by molar-refractivity contribution is 6.33. The van der Waals surface area contributed by atoms with Crippen LogP contribution < -0.4 is 5.32 Å². The van der Waals surface area contributed by atoms with Gasteiger partial charge in [0, 0.05) is 18.9 Å². The lowest BCUT2D eigenvalue weighted by molar-refractivity contribution is -0.128. The maximum atomic E-state index is 13.6. The molecule has 0 bridgehead atoms. The van der Waals surface area contributed by atoms with Crippen molar-refractivity contribution in [3.8, 4) is 0 Å². The molecule has 1 saturated heterocycles. The van der Waals surface area contributed by atoms with Gasteiger partial charge in [0.05, 0.1) is 17.2 Å². The van der Waals surface area contributed by atoms with E-state index in [1.165, 1.54) is 0 Å². The average molecular weight is 428 g/mol.